The van der Waals surface area contributed by atoms with Gasteiger partial charge in [-0.25, -0.2) is 4.79 Å². The first kappa shape index (κ1) is 15.9. The third-order valence-electron chi connectivity index (χ3n) is 3.70. The van der Waals surface area contributed by atoms with Crippen molar-refractivity contribution in [2.75, 3.05) is 0 Å². The summed E-state index contributed by atoms with van der Waals surface area (Å²) in [7, 11) is 0. The summed E-state index contributed by atoms with van der Waals surface area (Å²) in [5.74, 6) is -1.05. The highest BCUT2D eigenvalue weighted by atomic mass is 127. The molecule has 1 aromatic carbocycles. The molecule has 0 N–H and O–H groups in total. The van der Waals surface area contributed by atoms with E-state index in [9.17, 15) is 14.4 Å². The Kier molecular flexibility index (Phi) is 4.09. The summed E-state index contributed by atoms with van der Waals surface area (Å²) < 4.78 is 5.73. The smallest absolute Gasteiger partial charge is 0.332 e. The summed E-state index contributed by atoms with van der Waals surface area (Å²) >= 11 is 1.70. The van der Waals surface area contributed by atoms with Crippen LogP contribution in [0.15, 0.2) is 41.2 Å². The van der Waals surface area contributed by atoms with E-state index in [1.807, 2.05) is 32.0 Å². The van der Waals surface area contributed by atoms with Crippen molar-refractivity contribution in [3.63, 3.8) is 0 Å². The minimum atomic E-state index is -0.984. The van der Waals surface area contributed by atoms with Crippen molar-refractivity contribution < 1.29 is 14.3 Å². The third kappa shape index (κ3) is 2.60. The second-order valence-electron chi connectivity index (χ2n) is 5.59. The van der Waals surface area contributed by atoms with Gasteiger partial charge in [0.05, 0.1) is 0 Å². The lowest BCUT2D eigenvalue weighted by atomic mass is 10.0. The number of para-hydroxylation sites is 1. The van der Waals surface area contributed by atoms with E-state index in [1.54, 1.807) is 40.8 Å². The van der Waals surface area contributed by atoms with Crippen LogP contribution in [0.1, 0.15) is 35.8 Å². The van der Waals surface area contributed by atoms with Gasteiger partial charge in [0, 0.05) is 17.4 Å². The van der Waals surface area contributed by atoms with Crippen molar-refractivity contribution in [1.82, 2.24) is 4.57 Å². The number of aromatic nitrogens is 1. The van der Waals surface area contributed by atoms with Crippen LogP contribution in [-0.2, 0) is 4.79 Å². The molecule has 1 aromatic heterocycles. The fraction of sp³-hybridized carbons (Fsp3) is 0.235. The second kappa shape index (κ2) is 5.92. The fourth-order valence-electron chi connectivity index (χ4n) is 2.57. The lowest BCUT2D eigenvalue weighted by Crippen LogP contribution is -2.40. The molecule has 5 nitrogen and oxygen atoms in total. The molecule has 1 aliphatic heterocycles. The molecule has 2 aromatic rings. The molecule has 23 heavy (non-hydrogen) atoms. The van der Waals surface area contributed by atoms with Crippen molar-refractivity contribution in [3.8, 4) is 11.4 Å². The van der Waals surface area contributed by atoms with Crippen molar-refractivity contribution in [3.05, 3.63) is 58.0 Å². The first-order valence-electron chi connectivity index (χ1n) is 7.17. The number of Topliss-reactive ketones (excluding diaryl/α,β-unsaturated/α-hetero) is 1. The zero-order chi connectivity index (χ0) is 16.7. The van der Waals surface area contributed by atoms with E-state index in [1.165, 1.54) is 4.57 Å². The molecule has 0 spiro atoms. The molecule has 0 saturated carbocycles. The number of nitrogens with zero attached hydrogens (tertiary/aromatic N) is 1. The van der Waals surface area contributed by atoms with Gasteiger partial charge in [-0.2, -0.15) is 0 Å². The van der Waals surface area contributed by atoms with Crippen LogP contribution < -0.4 is 10.3 Å². The molecule has 118 valence electrons. The van der Waals surface area contributed by atoms with Crippen molar-refractivity contribution in [2.24, 2.45) is 0 Å². The Morgan fingerprint density at radius 2 is 1.78 bits per heavy atom. The Balaban J connectivity index is 2.35. The summed E-state index contributed by atoms with van der Waals surface area (Å²) in [4.78, 5) is 37.1. The SMILES string of the molecule is CC(C)c1cc2c(c(=O)n1-c1ccccc1)C(=O)C(I)C(=O)O2. The van der Waals surface area contributed by atoms with E-state index in [0.29, 0.717) is 11.4 Å². The first-order chi connectivity index (χ1) is 10.9. The Bertz CT molecular complexity index is 855. The molecule has 0 aliphatic carbocycles. The summed E-state index contributed by atoms with van der Waals surface area (Å²) in [5, 5.41) is 0. The highest BCUT2D eigenvalue weighted by Crippen LogP contribution is 2.30. The Hall–Kier alpha value is -1.96. The number of esters is 1. The normalized spacial score (nSPS) is 17.1. The molecule has 1 unspecified atom stereocenters. The number of carbonyl (C=O) groups excluding carboxylic acids is 2. The van der Waals surface area contributed by atoms with E-state index in [2.05, 4.69) is 0 Å². The zero-order valence-corrected chi connectivity index (χ0v) is 14.7. The standard InChI is InChI=1S/C17H14INO4/c1-9(2)11-8-12-13(15(20)14(18)17(22)23-12)16(21)19(11)10-6-4-3-5-7-10/h3-9,14H,1-2H3. The second-order valence-corrected chi connectivity index (χ2v) is 6.83. The number of benzene rings is 1. The molecular formula is C17H14INO4. The minimum absolute atomic E-state index is 0.0133. The molecular weight excluding hydrogens is 409 g/mol. The monoisotopic (exact) mass is 423 g/mol. The summed E-state index contributed by atoms with van der Waals surface area (Å²) in [6, 6.07) is 10.7. The maximum absolute atomic E-state index is 12.9. The Labute approximate surface area is 146 Å². The number of alkyl halides is 1. The predicted octanol–water partition coefficient (Wildman–Crippen LogP) is 2.87. The number of hydrogen-bond donors (Lipinski definition) is 0. The maximum atomic E-state index is 12.9. The van der Waals surface area contributed by atoms with Gasteiger partial charge in [-0.05, 0) is 18.1 Å². The number of ether oxygens (including phenoxy) is 1. The van der Waals surface area contributed by atoms with Crippen LogP contribution >= 0.6 is 22.6 Å². The van der Waals surface area contributed by atoms with Gasteiger partial charge in [0.25, 0.3) is 5.56 Å². The number of carbonyl (C=O) groups is 2. The summed E-state index contributed by atoms with van der Waals surface area (Å²) in [5.41, 5.74) is 0.861. The molecule has 0 amide bonds. The van der Waals surface area contributed by atoms with Gasteiger partial charge < -0.3 is 4.74 Å². The summed E-state index contributed by atoms with van der Waals surface area (Å²) in [6.07, 6.45) is 0. The molecule has 0 radical (unpaired) electrons. The van der Waals surface area contributed by atoms with E-state index in [0.717, 1.165) is 0 Å². The number of halogens is 1. The average Bonchev–Trinajstić information content (AvgIpc) is 2.52. The zero-order valence-electron chi connectivity index (χ0n) is 12.6. The predicted molar refractivity (Wildman–Crippen MR) is 93.9 cm³/mol. The Morgan fingerprint density at radius 3 is 2.39 bits per heavy atom. The number of fused-ring (bicyclic) bond motifs is 1. The molecule has 1 aliphatic rings. The third-order valence-corrected chi connectivity index (χ3v) is 4.77. The summed E-state index contributed by atoms with van der Waals surface area (Å²) in [6.45, 7) is 3.88. The number of rotatable bonds is 2. The van der Waals surface area contributed by atoms with Gasteiger partial charge in [0.15, 0.2) is 9.71 Å². The molecule has 0 fully saturated rings. The molecule has 2 heterocycles. The molecule has 6 heteroatoms. The molecule has 0 saturated heterocycles. The van der Waals surface area contributed by atoms with Crippen LogP contribution in [0.3, 0.4) is 0 Å². The number of hydrogen-bond acceptors (Lipinski definition) is 4. The quantitative estimate of drug-likeness (QED) is 0.323. The van der Waals surface area contributed by atoms with Crippen LogP contribution in [0.25, 0.3) is 5.69 Å². The van der Waals surface area contributed by atoms with Gasteiger partial charge >= 0.3 is 5.97 Å². The Morgan fingerprint density at radius 1 is 1.13 bits per heavy atom. The molecule has 1 atom stereocenters. The van der Waals surface area contributed by atoms with E-state index >= 15 is 0 Å². The van der Waals surface area contributed by atoms with Crippen LogP contribution in [0.4, 0.5) is 0 Å². The fourth-order valence-corrected chi connectivity index (χ4v) is 3.01. The van der Waals surface area contributed by atoms with Crippen LogP contribution in [-0.4, -0.2) is 20.2 Å². The highest BCUT2D eigenvalue weighted by Gasteiger charge is 2.38. The number of ketones is 1. The topological polar surface area (TPSA) is 65.4 Å². The maximum Gasteiger partial charge on any atom is 0.332 e. The average molecular weight is 423 g/mol. The lowest BCUT2D eigenvalue weighted by Gasteiger charge is -2.23. The number of pyridine rings is 1. The minimum Gasteiger partial charge on any atom is -0.424 e. The lowest BCUT2D eigenvalue weighted by molar-refractivity contribution is -0.133. The van der Waals surface area contributed by atoms with E-state index < -0.39 is 21.2 Å². The molecule has 0 bridgehead atoms. The van der Waals surface area contributed by atoms with Gasteiger partial charge in [-0.15, -0.1) is 0 Å². The van der Waals surface area contributed by atoms with Crippen LogP contribution in [0.2, 0.25) is 0 Å². The van der Waals surface area contributed by atoms with Gasteiger partial charge in [-0.3, -0.25) is 14.2 Å². The van der Waals surface area contributed by atoms with E-state index in [4.69, 9.17) is 4.74 Å². The van der Waals surface area contributed by atoms with Crippen molar-refractivity contribution in [1.29, 1.82) is 0 Å². The van der Waals surface area contributed by atoms with Gasteiger partial charge in [0.2, 0.25) is 0 Å². The largest absolute Gasteiger partial charge is 0.424 e. The van der Waals surface area contributed by atoms with E-state index in [-0.39, 0.29) is 17.2 Å². The van der Waals surface area contributed by atoms with Crippen LogP contribution in [0, 0.1) is 0 Å². The van der Waals surface area contributed by atoms with Gasteiger partial charge in [-0.1, -0.05) is 54.6 Å². The van der Waals surface area contributed by atoms with Gasteiger partial charge in [0.1, 0.15) is 11.3 Å². The van der Waals surface area contributed by atoms with Crippen molar-refractivity contribution in [2.45, 2.75) is 23.7 Å². The highest BCUT2D eigenvalue weighted by molar-refractivity contribution is 14.1. The van der Waals surface area contributed by atoms with Crippen molar-refractivity contribution >= 4 is 34.3 Å². The van der Waals surface area contributed by atoms with Crippen LogP contribution in [0.5, 0.6) is 5.75 Å². The first-order valence-corrected chi connectivity index (χ1v) is 8.41. The molecule has 3 rings (SSSR count).